The van der Waals surface area contributed by atoms with Crippen molar-refractivity contribution in [1.29, 1.82) is 0 Å². The van der Waals surface area contributed by atoms with Crippen molar-refractivity contribution in [2.24, 2.45) is 21.1 Å². The number of terminal acetylenes is 1. The lowest BCUT2D eigenvalue weighted by Crippen LogP contribution is -2.25. The van der Waals surface area contributed by atoms with Crippen LogP contribution >= 0.6 is 0 Å². The van der Waals surface area contributed by atoms with E-state index in [1.165, 1.54) is 0 Å². The fraction of sp³-hybridized carbons (Fsp3) is 0.0652. The molecule has 6 aromatic heterocycles. The van der Waals surface area contributed by atoms with Crippen LogP contribution in [-0.2, 0) is 21.1 Å². The molecule has 0 radical (unpaired) electrons. The first kappa shape index (κ1) is 31.8. The highest BCUT2D eigenvalue weighted by Gasteiger charge is 2.19. The van der Waals surface area contributed by atoms with Crippen LogP contribution in [0.15, 0.2) is 122 Å². The maximum atomic E-state index is 5.76. The molecule has 7 heteroatoms. The van der Waals surface area contributed by atoms with Crippen LogP contribution in [0.3, 0.4) is 0 Å². The van der Waals surface area contributed by atoms with E-state index in [-0.39, 0.29) is 0 Å². The second-order valence-corrected chi connectivity index (χ2v) is 13.5. The lowest BCUT2D eigenvalue weighted by molar-refractivity contribution is -0.671. The number of fused-ring (bicyclic) bond motifs is 8. The molecule has 7 aromatic rings. The molecule has 0 aliphatic carbocycles. The van der Waals surface area contributed by atoms with E-state index in [4.69, 9.17) is 16.4 Å². The monoisotopic (exact) mass is 686 g/mol. The summed E-state index contributed by atoms with van der Waals surface area (Å²) in [4.78, 5) is 18.4. The van der Waals surface area contributed by atoms with Gasteiger partial charge in [0.15, 0.2) is 37.2 Å². The maximum absolute atomic E-state index is 5.76. The van der Waals surface area contributed by atoms with Gasteiger partial charge >= 0.3 is 0 Å². The molecule has 7 nitrogen and oxygen atoms in total. The molecular formula is C46H36N7+3. The molecule has 252 valence electrons. The van der Waals surface area contributed by atoms with Crippen molar-refractivity contribution < 1.29 is 13.7 Å². The molecule has 0 saturated carbocycles. The van der Waals surface area contributed by atoms with Crippen LogP contribution in [0.4, 0.5) is 0 Å². The van der Waals surface area contributed by atoms with Gasteiger partial charge in [-0.1, -0.05) is 18.1 Å². The normalized spacial score (nSPS) is 11.9. The van der Waals surface area contributed by atoms with E-state index in [9.17, 15) is 0 Å². The molecule has 9 rings (SSSR count). The zero-order valence-corrected chi connectivity index (χ0v) is 29.7. The van der Waals surface area contributed by atoms with E-state index in [0.717, 1.165) is 94.9 Å². The van der Waals surface area contributed by atoms with Crippen LogP contribution in [-0.4, -0.2) is 19.9 Å². The minimum atomic E-state index is 0.827. The second-order valence-electron chi connectivity index (χ2n) is 13.5. The first-order valence-electron chi connectivity index (χ1n) is 17.5. The topological polar surface area (TPSA) is 69.0 Å². The third-order valence-corrected chi connectivity index (χ3v) is 9.90. The number of aromatic amines is 2. The number of nitrogens with one attached hydrogen (secondary N) is 2. The average Bonchev–Trinajstić information content (AvgIpc) is 4.02. The van der Waals surface area contributed by atoms with Crippen LogP contribution in [0, 0.1) is 12.3 Å². The lowest BCUT2D eigenvalue weighted by atomic mass is 10.0. The summed E-state index contributed by atoms with van der Waals surface area (Å²) in [5.74, 6) is 2.76. The molecule has 8 heterocycles. The molecule has 2 aliphatic rings. The van der Waals surface area contributed by atoms with Crippen molar-refractivity contribution in [3.8, 4) is 56.9 Å². The highest BCUT2D eigenvalue weighted by atomic mass is 14.9. The molecule has 0 unspecified atom stereocenters. The van der Waals surface area contributed by atoms with Crippen LogP contribution in [0.1, 0.15) is 28.3 Å². The average molecular weight is 687 g/mol. The summed E-state index contributed by atoms with van der Waals surface area (Å²) in [6.07, 6.45) is 26.6. The molecule has 0 saturated heterocycles. The molecule has 0 fully saturated rings. The van der Waals surface area contributed by atoms with Crippen LogP contribution < -0.4 is 13.7 Å². The van der Waals surface area contributed by atoms with Crippen LogP contribution in [0.5, 0.6) is 0 Å². The van der Waals surface area contributed by atoms with Gasteiger partial charge in [-0.2, -0.15) is 0 Å². The first-order chi connectivity index (χ1) is 25.9. The number of hydrogen-bond donors (Lipinski definition) is 2. The highest BCUT2D eigenvalue weighted by Crippen LogP contribution is 2.38. The predicted octanol–water partition coefficient (Wildman–Crippen LogP) is 7.78. The summed E-state index contributed by atoms with van der Waals surface area (Å²) < 4.78 is 6.13. The Kier molecular flexibility index (Phi) is 7.71. The Morgan fingerprint density at radius 3 is 0.981 bits per heavy atom. The Bertz CT molecular complexity index is 2790. The standard InChI is InChI=1S/C46H35N7/c1-5-30-6-8-31(9-7-30)43-35-10-12-37(47-35)44(32-18-24-51(2)25-19-32)39-14-16-41(49-39)46(34-22-28-53(4)29-23-34)42-17-15-40(50-42)45(38-13-11-36(43)48-38)33-20-26-52(3)27-21-33/h1,6-29H,2-4H3,(H,47,48,49,50)/q+2/p+1. The zero-order chi connectivity index (χ0) is 36.1. The van der Waals surface area contributed by atoms with Gasteiger partial charge in [-0.05, 0) is 83.0 Å². The molecule has 1 aromatic carbocycles. The lowest BCUT2D eigenvalue weighted by Gasteiger charge is -2.06. The number of nitrogens with zero attached hydrogens (tertiary/aromatic N) is 5. The smallest absolute Gasteiger partial charge is 0.169 e. The molecule has 2 N–H and O–H groups in total. The van der Waals surface area contributed by atoms with Gasteiger partial charge in [0.05, 0.1) is 22.8 Å². The van der Waals surface area contributed by atoms with Crippen molar-refractivity contribution in [2.45, 2.75) is 0 Å². The summed E-state index contributed by atoms with van der Waals surface area (Å²) >= 11 is 0. The minimum Gasteiger partial charge on any atom is -0.354 e. The van der Waals surface area contributed by atoms with Crippen molar-refractivity contribution >= 4 is 46.4 Å². The summed E-state index contributed by atoms with van der Waals surface area (Å²) in [5.41, 5.74) is 16.3. The third kappa shape index (κ3) is 5.82. The Labute approximate surface area is 307 Å². The summed E-state index contributed by atoms with van der Waals surface area (Å²) in [5, 5.41) is 0. The molecule has 2 aliphatic heterocycles. The van der Waals surface area contributed by atoms with Gasteiger partial charge in [-0.3, -0.25) is 0 Å². The van der Waals surface area contributed by atoms with E-state index in [1.54, 1.807) is 0 Å². The van der Waals surface area contributed by atoms with Gasteiger partial charge in [0.2, 0.25) is 0 Å². The van der Waals surface area contributed by atoms with Crippen molar-refractivity contribution in [1.82, 2.24) is 19.9 Å². The quantitative estimate of drug-likeness (QED) is 0.147. The summed E-state index contributed by atoms with van der Waals surface area (Å²) in [6.45, 7) is 0. The van der Waals surface area contributed by atoms with E-state index in [0.29, 0.717) is 0 Å². The Morgan fingerprint density at radius 2 is 0.698 bits per heavy atom. The van der Waals surface area contributed by atoms with Gasteiger partial charge in [-0.15, -0.1) is 6.42 Å². The van der Waals surface area contributed by atoms with Gasteiger partial charge in [-0.25, -0.2) is 23.7 Å². The number of aryl methyl sites for hydroxylation is 3. The van der Waals surface area contributed by atoms with E-state index in [1.807, 2.05) is 47.0 Å². The number of benzene rings is 1. The highest BCUT2D eigenvalue weighted by molar-refractivity contribution is 5.99. The van der Waals surface area contributed by atoms with Crippen LogP contribution in [0.2, 0.25) is 0 Å². The number of H-pyrrole nitrogens is 2. The Balaban J connectivity index is 1.46. The van der Waals surface area contributed by atoms with E-state index < -0.39 is 0 Å². The molecule has 0 amide bonds. The van der Waals surface area contributed by atoms with Gasteiger partial charge in [0, 0.05) is 86.3 Å². The van der Waals surface area contributed by atoms with Gasteiger partial charge in [0.1, 0.15) is 21.1 Å². The molecule has 0 atom stereocenters. The molecular weight excluding hydrogens is 651 g/mol. The first-order valence-corrected chi connectivity index (χ1v) is 17.5. The fourth-order valence-electron chi connectivity index (χ4n) is 7.16. The predicted molar refractivity (Wildman–Crippen MR) is 212 cm³/mol. The third-order valence-electron chi connectivity index (χ3n) is 9.90. The van der Waals surface area contributed by atoms with Crippen molar-refractivity contribution in [2.75, 3.05) is 0 Å². The number of hydrogen-bond acceptors (Lipinski definition) is 2. The summed E-state index contributed by atoms with van der Waals surface area (Å²) in [6, 6.07) is 29.5. The van der Waals surface area contributed by atoms with E-state index >= 15 is 0 Å². The number of aromatic nitrogens is 7. The van der Waals surface area contributed by atoms with Gasteiger partial charge in [0.25, 0.3) is 0 Å². The molecule has 0 spiro atoms. The second kappa shape index (κ2) is 12.9. The van der Waals surface area contributed by atoms with Gasteiger partial charge < -0.3 is 9.97 Å². The fourth-order valence-corrected chi connectivity index (χ4v) is 7.16. The number of rotatable bonds is 4. The molecule has 8 bridgehead atoms. The van der Waals surface area contributed by atoms with E-state index in [2.05, 4.69) is 150 Å². The van der Waals surface area contributed by atoms with Crippen LogP contribution in [0.25, 0.3) is 90.9 Å². The largest absolute Gasteiger partial charge is 0.354 e. The Morgan fingerprint density at radius 1 is 0.415 bits per heavy atom. The van der Waals surface area contributed by atoms with Crippen molar-refractivity contribution in [3.63, 3.8) is 0 Å². The molecule has 53 heavy (non-hydrogen) atoms. The SMILES string of the molecule is C#Cc1ccc(-c2c3nc(c(-c4cc[n+](C)cc4)c4ccc([nH]4)c(-c4cc[n+](C)cc4)c4nc(c(-c5cc[n+](C)cc5)c5ccc2[nH]5)C=C4)C=C3)cc1. The maximum Gasteiger partial charge on any atom is 0.169 e. The number of pyridine rings is 3. The Hall–Kier alpha value is -7.17. The summed E-state index contributed by atoms with van der Waals surface area (Å²) in [7, 11) is 6.08. The van der Waals surface area contributed by atoms with Crippen molar-refractivity contribution in [3.05, 3.63) is 150 Å². The zero-order valence-electron chi connectivity index (χ0n) is 29.7. The minimum absolute atomic E-state index is 0.827.